The molecule has 0 unspecified atom stereocenters. The number of benzene rings is 1. The number of amides is 2. The first-order chi connectivity index (χ1) is 9.70. The van der Waals surface area contributed by atoms with Crippen LogP contribution in [0.3, 0.4) is 0 Å². The molecule has 20 heavy (non-hydrogen) atoms. The molecular formula is C16H25N3O. The normalized spacial score (nSPS) is 15.3. The summed E-state index contributed by atoms with van der Waals surface area (Å²) < 4.78 is 0. The third-order valence-electron chi connectivity index (χ3n) is 3.86. The van der Waals surface area contributed by atoms with Crippen LogP contribution in [0.4, 0.5) is 10.5 Å². The minimum Gasteiger partial charge on any atom is -0.335 e. The Balaban J connectivity index is 2.05. The van der Waals surface area contributed by atoms with Gasteiger partial charge in [0.25, 0.3) is 0 Å². The van der Waals surface area contributed by atoms with Gasteiger partial charge in [-0.3, -0.25) is 4.90 Å². The Hall–Kier alpha value is -1.55. The van der Waals surface area contributed by atoms with E-state index in [0.29, 0.717) is 19.1 Å². The van der Waals surface area contributed by atoms with Crippen LogP contribution in [0.5, 0.6) is 0 Å². The van der Waals surface area contributed by atoms with Gasteiger partial charge in [0.1, 0.15) is 0 Å². The van der Waals surface area contributed by atoms with Crippen LogP contribution in [0.25, 0.3) is 0 Å². The first-order valence-electron chi connectivity index (χ1n) is 7.55. The van der Waals surface area contributed by atoms with E-state index >= 15 is 0 Å². The SMILES string of the molecule is Cc1ccc(N(CCCN)C(=O)NC2CCCC2)cc1. The van der Waals surface area contributed by atoms with Crippen molar-refractivity contribution < 1.29 is 4.79 Å². The summed E-state index contributed by atoms with van der Waals surface area (Å²) in [5.74, 6) is 0. The third kappa shape index (κ3) is 3.97. The zero-order chi connectivity index (χ0) is 14.4. The summed E-state index contributed by atoms with van der Waals surface area (Å²) >= 11 is 0. The summed E-state index contributed by atoms with van der Waals surface area (Å²) in [4.78, 5) is 14.3. The summed E-state index contributed by atoms with van der Waals surface area (Å²) in [7, 11) is 0. The topological polar surface area (TPSA) is 58.4 Å². The van der Waals surface area contributed by atoms with Crippen molar-refractivity contribution in [1.82, 2.24) is 5.32 Å². The van der Waals surface area contributed by atoms with Crippen LogP contribution in [0.1, 0.15) is 37.7 Å². The highest BCUT2D eigenvalue weighted by Gasteiger charge is 2.21. The number of nitrogens with zero attached hydrogens (tertiary/aromatic N) is 1. The first-order valence-corrected chi connectivity index (χ1v) is 7.55. The van der Waals surface area contributed by atoms with Crippen molar-refractivity contribution in [1.29, 1.82) is 0 Å². The van der Waals surface area contributed by atoms with Gasteiger partial charge in [0, 0.05) is 18.3 Å². The van der Waals surface area contributed by atoms with Crippen molar-refractivity contribution in [2.75, 3.05) is 18.0 Å². The molecule has 4 nitrogen and oxygen atoms in total. The van der Waals surface area contributed by atoms with Crippen LogP contribution in [0, 0.1) is 6.92 Å². The number of aryl methyl sites for hydroxylation is 1. The minimum atomic E-state index is 0.00852. The predicted molar refractivity (Wildman–Crippen MR) is 83.0 cm³/mol. The highest BCUT2D eigenvalue weighted by molar-refractivity contribution is 5.92. The van der Waals surface area contributed by atoms with Crippen LogP contribution >= 0.6 is 0 Å². The summed E-state index contributed by atoms with van der Waals surface area (Å²) in [6.45, 7) is 3.31. The Morgan fingerprint density at radius 3 is 2.55 bits per heavy atom. The molecule has 2 rings (SSSR count). The highest BCUT2D eigenvalue weighted by Crippen LogP contribution is 2.20. The van der Waals surface area contributed by atoms with Crippen molar-refractivity contribution in [3.8, 4) is 0 Å². The monoisotopic (exact) mass is 275 g/mol. The number of nitrogens with two attached hydrogens (primary N) is 1. The fraction of sp³-hybridized carbons (Fsp3) is 0.562. The van der Waals surface area contributed by atoms with E-state index < -0.39 is 0 Å². The number of carbonyl (C=O) groups is 1. The molecule has 1 aliphatic carbocycles. The average Bonchev–Trinajstić information content (AvgIpc) is 2.94. The zero-order valence-corrected chi connectivity index (χ0v) is 12.3. The molecule has 4 heteroatoms. The molecule has 3 N–H and O–H groups in total. The van der Waals surface area contributed by atoms with Crippen molar-refractivity contribution in [2.24, 2.45) is 5.73 Å². The van der Waals surface area contributed by atoms with E-state index in [9.17, 15) is 4.79 Å². The smallest absolute Gasteiger partial charge is 0.322 e. The Bertz CT molecular complexity index is 424. The molecule has 1 saturated carbocycles. The Kier molecular flexibility index (Phi) is 5.41. The summed E-state index contributed by atoms with van der Waals surface area (Å²) in [5, 5.41) is 3.15. The molecule has 0 heterocycles. The van der Waals surface area contributed by atoms with Gasteiger partial charge in [-0.25, -0.2) is 4.79 Å². The minimum absolute atomic E-state index is 0.00852. The predicted octanol–water partition coefficient (Wildman–Crippen LogP) is 2.80. The van der Waals surface area contributed by atoms with Gasteiger partial charge in [-0.15, -0.1) is 0 Å². The second-order valence-corrected chi connectivity index (χ2v) is 5.56. The van der Waals surface area contributed by atoms with Crippen LogP contribution < -0.4 is 16.0 Å². The van der Waals surface area contributed by atoms with E-state index in [1.165, 1.54) is 18.4 Å². The number of anilines is 1. The Morgan fingerprint density at radius 2 is 1.95 bits per heavy atom. The van der Waals surface area contributed by atoms with E-state index in [1.807, 2.05) is 36.1 Å². The molecule has 1 aliphatic rings. The van der Waals surface area contributed by atoms with Gasteiger partial charge in [0.05, 0.1) is 0 Å². The number of nitrogens with one attached hydrogen (secondary N) is 1. The lowest BCUT2D eigenvalue weighted by Crippen LogP contribution is -2.45. The van der Waals surface area contributed by atoms with Gasteiger partial charge in [-0.05, 0) is 44.9 Å². The van der Waals surface area contributed by atoms with Crippen molar-refractivity contribution in [2.45, 2.75) is 45.1 Å². The van der Waals surface area contributed by atoms with Gasteiger partial charge < -0.3 is 11.1 Å². The second-order valence-electron chi connectivity index (χ2n) is 5.56. The van der Waals surface area contributed by atoms with Gasteiger partial charge in [-0.1, -0.05) is 30.5 Å². The van der Waals surface area contributed by atoms with Gasteiger partial charge >= 0.3 is 6.03 Å². The molecule has 1 fully saturated rings. The summed E-state index contributed by atoms with van der Waals surface area (Å²) in [6.07, 6.45) is 5.46. The molecule has 0 aromatic heterocycles. The van der Waals surface area contributed by atoms with E-state index in [4.69, 9.17) is 5.73 Å². The maximum Gasteiger partial charge on any atom is 0.322 e. The molecule has 110 valence electrons. The number of urea groups is 1. The van der Waals surface area contributed by atoms with Crippen molar-refractivity contribution >= 4 is 11.7 Å². The maximum atomic E-state index is 12.5. The molecule has 0 saturated heterocycles. The molecule has 1 aromatic rings. The fourth-order valence-corrected chi connectivity index (χ4v) is 2.64. The first kappa shape index (κ1) is 14.9. The summed E-state index contributed by atoms with van der Waals surface area (Å²) in [5.41, 5.74) is 7.73. The van der Waals surface area contributed by atoms with E-state index in [1.54, 1.807) is 0 Å². The number of hydrogen-bond donors (Lipinski definition) is 2. The summed E-state index contributed by atoms with van der Waals surface area (Å²) in [6, 6.07) is 8.42. The van der Waals surface area contributed by atoms with Crippen molar-refractivity contribution in [3.05, 3.63) is 29.8 Å². The number of hydrogen-bond acceptors (Lipinski definition) is 2. The number of rotatable bonds is 5. The molecule has 0 aliphatic heterocycles. The lowest BCUT2D eigenvalue weighted by molar-refractivity contribution is 0.242. The van der Waals surface area contributed by atoms with E-state index in [0.717, 1.165) is 24.9 Å². The van der Waals surface area contributed by atoms with Crippen LogP contribution in [-0.2, 0) is 0 Å². The van der Waals surface area contributed by atoms with Crippen molar-refractivity contribution in [3.63, 3.8) is 0 Å². The Morgan fingerprint density at radius 1 is 1.30 bits per heavy atom. The molecule has 0 spiro atoms. The highest BCUT2D eigenvalue weighted by atomic mass is 16.2. The van der Waals surface area contributed by atoms with Crippen LogP contribution in [-0.4, -0.2) is 25.2 Å². The standard InChI is InChI=1S/C16H25N3O/c1-13-7-9-15(10-8-13)19(12-4-11-17)16(20)18-14-5-2-3-6-14/h7-10,14H,2-6,11-12,17H2,1H3,(H,18,20). The molecule has 2 amide bonds. The van der Waals surface area contributed by atoms with E-state index in [2.05, 4.69) is 5.32 Å². The van der Waals surface area contributed by atoms with Gasteiger partial charge in [-0.2, -0.15) is 0 Å². The average molecular weight is 275 g/mol. The second kappa shape index (κ2) is 7.29. The molecule has 0 bridgehead atoms. The van der Waals surface area contributed by atoms with E-state index in [-0.39, 0.29) is 6.03 Å². The van der Waals surface area contributed by atoms with Crippen LogP contribution in [0.2, 0.25) is 0 Å². The molecule has 1 aromatic carbocycles. The maximum absolute atomic E-state index is 12.5. The Labute approximate surface area is 121 Å². The number of carbonyl (C=O) groups excluding carboxylic acids is 1. The molecular weight excluding hydrogens is 250 g/mol. The third-order valence-corrected chi connectivity index (χ3v) is 3.86. The lowest BCUT2D eigenvalue weighted by Gasteiger charge is -2.25. The largest absolute Gasteiger partial charge is 0.335 e. The lowest BCUT2D eigenvalue weighted by atomic mass is 10.2. The van der Waals surface area contributed by atoms with Gasteiger partial charge in [0.2, 0.25) is 0 Å². The molecule has 0 atom stereocenters. The molecule has 0 radical (unpaired) electrons. The quantitative estimate of drug-likeness (QED) is 0.868. The van der Waals surface area contributed by atoms with Gasteiger partial charge in [0.15, 0.2) is 0 Å². The fourth-order valence-electron chi connectivity index (χ4n) is 2.64. The van der Waals surface area contributed by atoms with Crippen LogP contribution in [0.15, 0.2) is 24.3 Å². The zero-order valence-electron chi connectivity index (χ0n) is 12.3.